The Bertz CT molecular complexity index is 262. The van der Waals surface area contributed by atoms with Crippen molar-refractivity contribution in [2.75, 3.05) is 13.2 Å². The molecule has 0 N–H and O–H groups in total. The molecule has 0 fully saturated rings. The molecule has 0 aliphatic heterocycles. The molecule has 16 heavy (non-hydrogen) atoms. The van der Waals surface area contributed by atoms with E-state index in [1.54, 1.807) is 13.8 Å². The molecule has 7 heteroatoms. The van der Waals surface area contributed by atoms with Crippen molar-refractivity contribution in [3.8, 4) is 0 Å². The van der Waals surface area contributed by atoms with E-state index < -0.39 is 17.8 Å². The van der Waals surface area contributed by atoms with Crippen LogP contribution >= 0.6 is 31.0 Å². The largest absolute Gasteiger partial charge is 0.399 e. The van der Waals surface area contributed by atoms with Gasteiger partial charge in [0.15, 0.2) is 0 Å². The molecule has 96 valence electrons. The third-order valence-electron chi connectivity index (χ3n) is 1.45. The Labute approximate surface area is 106 Å². The van der Waals surface area contributed by atoms with Crippen molar-refractivity contribution in [1.82, 2.24) is 0 Å². The van der Waals surface area contributed by atoms with Crippen LogP contribution < -0.4 is 0 Å². The van der Waals surface area contributed by atoms with Crippen LogP contribution in [0.4, 0.5) is 0 Å². The second-order valence-corrected chi connectivity index (χ2v) is 7.51. The van der Waals surface area contributed by atoms with Crippen molar-refractivity contribution in [3.63, 3.8) is 0 Å². The fourth-order valence-electron chi connectivity index (χ4n) is 0.926. The second kappa shape index (κ2) is 7.72. The lowest BCUT2D eigenvalue weighted by Gasteiger charge is -2.18. The third kappa shape index (κ3) is 5.19. The zero-order valence-electron chi connectivity index (χ0n) is 9.94. The first kappa shape index (κ1) is 16.5. The van der Waals surface area contributed by atoms with Gasteiger partial charge in [0.05, 0.1) is 13.2 Å². The first-order chi connectivity index (χ1) is 7.37. The molecule has 0 amide bonds. The number of rotatable bonds is 8. The summed E-state index contributed by atoms with van der Waals surface area (Å²) in [5.41, 5.74) is -0.670. The molecule has 0 bridgehead atoms. The molecule has 0 heterocycles. The van der Waals surface area contributed by atoms with E-state index in [0.717, 1.165) is 0 Å². The molecular formula is C9H18ClO4PS. The van der Waals surface area contributed by atoms with Gasteiger partial charge in [-0.15, -0.1) is 23.4 Å². The summed E-state index contributed by atoms with van der Waals surface area (Å²) >= 11 is 7.09. The van der Waals surface area contributed by atoms with Crippen LogP contribution in [0.2, 0.25) is 0 Å². The van der Waals surface area contributed by atoms with Crippen molar-refractivity contribution in [3.05, 3.63) is 0 Å². The van der Waals surface area contributed by atoms with Crippen molar-refractivity contribution in [1.29, 1.82) is 0 Å². The Morgan fingerprint density at radius 1 is 1.31 bits per heavy atom. The summed E-state index contributed by atoms with van der Waals surface area (Å²) in [7, 11) is -3.71. The average molecular weight is 289 g/mol. The molecule has 0 aromatic rings. The van der Waals surface area contributed by atoms with Crippen LogP contribution in [0.25, 0.3) is 0 Å². The number of carbonyl (C=O) groups is 1. The van der Waals surface area contributed by atoms with Gasteiger partial charge in [-0.25, -0.2) is 0 Å². The molecule has 1 atom stereocenters. The molecular weight excluding hydrogens is 271 g/mol. The minimum Gasteiger partial charge on any atom is -0.303 e. The second-order valence-electron chi connectivity index (χ2n) is 3.17. The van der Waals surface area contributed by atoms with Gasteiger partial charge in [0.2, 0.25) is 0 Å². The molecule has 0 radical (unpaired) electrons. The van der Waals surface area contributed by atoms with Gasteiger partial charge in [0.1, 0.15) is 4.71 Å². The fraction of sp³-hybridized carbons (Fsp3) is 0.889. The van der Waals surface area contributed by atoms with Crippen molar-refractivity contribution < 1.29 is 18.4 Å². The summed E-state index contributed by atoms with van der Waals surface area (Å²) in [4.78, 5) is 11.8. The van der Waals surface area contributed by atoms with Gasteiger partial charge in [0.25, 0.3) is 5.52 Å². The van der Waals surface area contributed by atoms with E-state index in [1.807, 2.05) is 13.8 Å². The Morgan fingerprint density at radius 2 is 1.75 bits per heavy atom. The third-order valence-corrected chi connectivity index (χ3v) is 5.28. The molecule has 0 aliphatic carbocycles. The molecule has 0 rings (SSSR count). The van der Waals surface area contributed by atoms with E-state index in [1.165, 1.54) is 11.8 Å². The van der Waals surface area contributed by atoms with Crippen LogP contribution in [0, 0.1) is 0 Å². The minimum atomic E-state index is -3.71. The SMILES string of the molecule is CCOP(=O)(OCC)C(=O)C(Cl)SC(C)C. The first-order valence-electron chi connectivity index (χ1n) is 5.10. The number of halogens is 1. The van der Waals surface area contributed by atoms with Crippen molar-refractivity contribution in [2.24, 2.45) is 0 Å². The number of carbonyl (C=O) groups excluding carboxylic acids is 1. The quantitative estimate of drug-likeness (QED) is 0.505. The highest BCUT2D eigenvalue weighted by atomic mass is 35.5. The van der Waals surface area contributed by atoms with Gasteiger partial charge in [-0.2, -0.15) is 0 Å². The van der Waals surface area contributed by atoms with E-state index in [9.17, 15) is 9.36 Å². The van der Waals surface area contributed by atoms with Gasteiger partial charge >= 0.3 is 7.60 Å². The van der Waals surface area contributed by atoms with Gasteiger partial charge in [-0.3, -0.25) is 9.36 Å². The van der Waals surface area contributed by atoms with Crippen molar-refractivity contribution in [2.45, 2.75) is 37.7 Å². The van der Waals surface area contributed by atoms with Crippen molar-refractivity contribution >= 4 is 36.5 Å². The van der Waals surface area contributed by atoms with E-state index in [-0.39, 0.29) is 18.5 Å². The van der Waals surface area contributed by atoms with Gasteiger partial charge in [-0.05, 0) is 13.8 Å². The summed E-state index contributed by atoms with van der Waals surface area (Å²) in [6, 6.07) is 0. The Morgan fingerprint density at radius 3 is 2.06 bits per heavy atom. The predicted molar refractivity (Wildman–Crippen MR) is 68.2 cm³/mol. The van der Waals surface area contributed by atoms with Gasteiger partial charge < -0.3 is 9.05 Å². The van der Waals surface area contributed by atoms with Crippen LogP contribution in [0.15, 0.2) is 0 Å². The lowest BCUT2D eigenvalue weighted by atomic mass is 10.6. The number of hydrogen-bond acceptors (Lipinski definition) is 5. The molecule has 0 saturated carbocycles. The summed E-state index contributed by atoms with van der Waals surface area (Å²) in [6.45, 7) is 7.41. The Balaban J connectivity index is 4.67. The van der Waals surface area contributed by atoms with Crippen LogP contribution in [-0.2, 0) is 18.4 Å². The zero-order chi connectivity index (χ0) is 12.8. The fourth-order valence-corrected chi connectivity index (χ4v) is 4.32. The molecule has 4 nitrogen and oxygen atoms in total. The molecule has 0 aliphatic rings. The first-order valence-corrected chi connectivity index (χ1v) is 8.02. The lowest BCUT2D eigenvalue weighted by molar-refractivity contribution is -0.112. The maximum atomic E-state index is 12.0. The highest BCUT2D eigenvalue weighted by molar-refractivity contribution is 8.03. The summed E-state index contributed by atoms with van der Waals surface area (Å²) in [5, 5.41) is 0.170. The van der Waals surface area contributed by atoms with E-state index in [0.29, 0.717) is 0 Å². The average Bonchev–Trinajstić information content (AvgIpc) is 2.16. The number of hydrogen-bond donors (Lipinski definition) is 0. The standard InChI is InChI=1S/C9H18ClO4PS/c1-5-13-15(12,14-6-2)9(11)8(10)16-7(3)4/h7-8H,5-6H2,1-4H3. The zero-order valence-corrected chi connectivity index (χ0v) is 12.4. The molecule has 0 aromatic heterocycles. The highest BCUT2D eigenvalue weighted by Gasteiger charge is 2.39. The van der Waals surface area contributed by atoms with E-state index >= 15 is 0 Å². The van der Waals surface area contributed by atoms with E-state index in [2.05, 4.69) is 0 Å². The number of alkyl halides is 1. The Hall–Kier alpha value is 0.460. The van der Waals surface area contributed by atoms with Crippen LogP contribution in [0.1, 0.15) is 27.7 Å². The van der Waals surface area contributed by atoms with Crippen LogP contribution in [0.3, 0.4) is 0 Å². The smallest absolute Gasteiger partial charge is 0.303 e. The van der Waals surface area contributed by atoms with Gasteiger partial charge in [-0.1, -0.05) is 13.8 Å². The normalized spacial score (nSPS) is 14.1. The molecule has 0 saturated heterocycles. The summed E-state index contributed by atoms with van der Waals surface area (Å²) in [5.74, 6) is 0. The lowest BCUT2D eigenvalue weighted by Crippen LogP contribution is -2.16. The maximum absolute atomic E-state index is 12.0. The van der Waals surface area contributed by atoms with Crippen LogP contribution in [-0.4, -0.2) is 28.7 Å². The highest BCUT2D eigenvalue weighted by Crippen LogP contribution is 2.52. The number of thioether (sulfide) groups is 1. The molecule has 1 unspecified atom stereocenters. The topological polar surface area (TPSA) is 52.6 Å². The summed E-state index contributed by atoms with van der Waals surface area (Å²) < 4.78 is 21.0. The van der Waals surface area contributed by atoms with Crippen LogP contribution in [0.5, 0.6) is 0 Å². The van der Waals surface area contributed by atoms with Gasteiger partial charge in [0, 0.05) is 5.25 Å². The predicted octanol–water partition coefficient (Wildman–Crippen LogP) is 3.49. The molecule has 0 aromatic carbocycles. The summed E-state index contributed by atoms with van der Waals surface area (Å²) in [6.07, 6.45) is 0. The van der Waals surface area contributed by atoms with E-state index in [4.69, 9.17) is 20.6 Å². The molecule has 0 spiro atoms. The maximum Gasteiger partial charge on any atom is 0.399 e. The monoisotopic (exact) mass is 288 g/mol. The Kier molecular flexibility index (Phi) is 7.94. The minimum absolute atomic E-state index is 0.152.